The van der Waals surface area contributed by atoms with Gasteiger partial charge in [0.2, 0.25) is 0 Å². The van der Waals surface area contributed by atoms with Crippen LogP contribution in [0.15, 0.2) is 24.3 Å². The van der Waals surface area contributed by atoms with Crippen molar-refractivity contribution < 1.29 is 9.63 Å². The van der Waals surface area contributed by atoms with E-state index >= 15 is 0 Å². The minimum Gasteiger partial charge on any atom is -0.376 e. The zero-order valence-corrected chi connectivity index (χ0v) is 7.56. The second kappa shape index (κ2) is 3.43. The Kier molecular flexibility index (Phi) is 2.11. The maximum atomic E-state index is 11.5. The summed E-state index contributed by atoms with van der Waals surface area (Å²) in [4.78, 5) is 16.8. The summed E-state index contributed by atoms with van der Waals surface area (Å²) in [5.74, 6) is 2.99. The molecule has 0 radical (unpaired) electrons. The fourth-order valence-corrected chi connectivity index (χ4v) is 1.36. The number of carbonyl (C=O) groups excluding carboxylic acids is 1. The third-order valence-electron chi connectivity index (χ3n) is 2.04. The van der Waals surface area contributed by atoms with E-state index in [9.17, 15) is 4.79 Å². The van der Waals surface area contributed by atoms with E-state index < -0.39 is 0 Å². The number of terminal acetylenes is 1. The minimum absolute atomic E-state index is 0.0957. The Hall–Kier alpha value is -1.95. The number of carbonyl (C=O) groups is 1. The molecule has 3 heteroatoms. The first-order valence-corrected chi connectivity index (χ1v) is 4.31. The molecule has 1 aliphatic rings. The van der Waals surface area contributed by atoms with Crippen molar-refractivity contribution in [3.63, 3.8) is 0 Å². The number of benzene rings is 1. The standard InChI is InChI=1S/C11H9NO2/c1-2-7-12-11(13)8-9-5-3-4-6-10(9)14-12/h1,3-6H,7-8H2. The molecule has 2 rings (SSSR count). The van der Waals surface area contributed by atoms with E-state index in [4.69, 9.17) is 11.3 Å². The van der Waals surface area contributed by atoms with Gasteiger partial charge in [0.1, 0.15) is 6.54 Å². The second-order valence-corrected chi connectivity index (χ2v) is 3.01. The Labute approximate surface area is 82.2 Å². The second-order valence-electron chi connectivity index (χ2n) is 3.01. The summed E-state index contributed by atoms with van der Waals surface area (Å²) in [6, 6.07) is 7.45. The highest BCUT2D eigenvalue weighted by molar-refractivity contribution is 5.80. The number of amides is 1. The van der Waals surface area contributed by atoms with Crippen LogP contribution in [0.4, 0.5) is 0 Å². The van der Waals surface area contributed by atoms with Crippen molar-refractivity contribution in [1.82, 2.24) is 5.06 Å². The molecule has 0 spiro atoms. The van der Waals surface area contributed by atoms with Gasteiger partial charge in [-0.25, -0.2) is 0 Å². The molecule has 0 saturated heterocycles. The van der Waals surface area contributed by atoms with Crippen molar-refractivity contribution in [3.05, 3.63) is 29.8 Å². The smallest absolute Gasteiger partial charge is 0.260 e. The minimum atomic E-state index is -0.0957. The van der Waals surface area contributed by atoms with Gasteiger partial charge >= 0.3 is 0 Å². The highest BCUT2D eigenvalue weighted by atomic mass is 16.7. The van der Waals surface area contributed by atoms with Gasteiger partial charge in [0, 0.05) is 5.56 Å². The average molecular weight is 187 g/mol. The van der Waals surface area contributed by atoms with Crippen LogP contribution < -0.4 is 4.84 Å². The molecule has 3 nitrogen and oxygen atoms in total. The molecule has 14 heavy (non-hydrogen) atoms. The van der Waals surface area contributed by atoms with E-state index in [-0.39, 0.29) is 12.5 Å². The summed E-state index contributed by atoms with van der Waals surface area (Å²) in [7, 11) is 0. The predicted octanol–water partition coefficient (Wildman–Crippen LogP) is 0.998. The largest absolute Gasteiger partial charge is 0.376 e. The fourth-order valence-electron chi connectivity index (χ4n) is 1.36. The van der Waals surface area contributed by atoms with Crippen molar-refractivity contribution in [2.45, 2.75) is 6.42 Å². The summed E-state index contributed by atoms with van der Waals surface area (Å²) < 4.78 is 0. The molecule has 0 atom stereocenters. The first kappa shape index (κ1) is 8.64. The van der Waals surface area contributed by atoms with Gasteiger partial charge < -0.3 is 4.84 Å². The topological polar surface area (TPSA) is 29.5 Å². The summed E-state index contributed by atoms with van der Waals surface area (Å²) >= 11 is 0. The van der Waals surface area contributed by atoms with Gasteiger partial charge in [0.25, 0.3) is 5.91 Å². The molecule has 1 heterocycles. The predicted molar refractivity (Wildman–Crippen MR) is 51.3 cm³/mol. The van der Waals surface area contributed by atoms with Gasteiger partial charge in [0.05, 0.1) is 6.42 Å². The molecule has 1 aliphatic heterocycles. The average Bonchev–Trinajstić information content (AvgIpc) is 2.19. The fraction of sp³-hybridized carbons (Fsp3) is 0.182. The summed E-state index contributed by atoms with van der Waals surface area (Å²) in [5, 5.41) is 1.21. The first-order valence-electron chi connectivity index (χ1n) is 4.31. The molecule has 1 aromatic rings. The molecular weight excluding hydrogens is 178 g/mol. The third-order valence-corrected chi connectivity index (χ3v) is 2.04. The van der Waals surface area contributed by atoms with Crippen LogP contribution >= 0.6 is 0 Å². The zero-order chi connectivity index (χ0) is 9.97. The van der Waals surface area contributed by atoms with E-state index in [1.54, 1.807) is 0 Å². The number of nitrogens with zero attached hydrogens (tertiary/aromatic N) is 1. The van der Waals surface area contributed by atoms with Gasteiger partial charge in [-0.05, 0) is 6.07 Å². The highest BCUT2D eigenvalue weighted by Crippen LogP contribution is 2.24. The quantitative estimate of drug-likeness (QED) is 0.614. The lowest BCUT2D eigenvalue weighted by Crippen LogP contribution is -2.39. The molecule has 0 saturated carbocycles. The number of hydrogen-bond donors (Lipinski definition) is 0. The summed E-state index contributed by atoms with van der Waals surface area (Å²) in [6.45, 7) is 0.188. The number of hydroxylamine groups is 2. The Morgan fingerprint density at radius 2 is 2.29 bits per heavy atom. The van der Waals surface area contributed by atoms with Crippen molar-refractivity contribution >= 4 is 5.91 Å². The molecule has 0 aliphatic carbocycles. The molecule has 0 fully saturated rings. The molecular formula is C11H9NO2. The van der Waals surface area contributed by atoms with Gasteiger partial charge in [0.15, 0.2) is 5.75 Å². The Morgan fingerprint density at radius 1 is 1.50 bits per heavy atom. The van der Waals surface area contributed by atoms with E-state index in [2.05, 4.69) is 5.92 Å². The van der Waals surface area contributed by atoms with Crippen LogP contribution in [-0.2, 0) is 11.2 Å². The van der Waals surface area contributed by atoms with Crippen LogP contribution in [-0.4, -0.2) is 17.5 Å². The number of para-hydroxylation sites is 1. The maximum Gasteiger partial charge on any atom is 0.260 e. The Balaban J connectivity index is 2.28. The molecule has 0 unspecified atom stereocenters. The molecule has 1 aromatic carbocycles. The third kappa shape index (κ3) is 1.42. The lowest BCUT2D eigenvalue weighted by molar-refractivity contribution is -0.157. The van der Waals surface area contributed by atoms with Crippen LogP contribution in [0.25, 0.3) is 0 Å². The monoisotopic (exact) mass is 187 g/mol. The molecule has 0 bridgehead atoms. The van der Waals surface area contributed by atoms with Gasteiger partial charge in [-0.15, -0.1) is 6.42 Å². The van der Waals surface area contributed by atoms with Crippen molar-refractivity contribution in [2.24, 2.45) is 0 Å². The van der Waals surface area contributed by atoms with Gasteiger partial charge in [-0.2, -0.15) is 5.06 Å². The van der Waals surface area contributed by atoms with E-state index in [0.29, 0.717) is 12.2 Å². The van der Waals surface area contributed by atoms with Crippen molar-refractivity contribution in [3.8, 4) is 18.1 Å². The highest BCUT2D eigenvalue weighted by Gasteiger charge is 2.23. The van der Waals surface area contributed by atoms with E-state index in [1.807, 2.05) is 24.3 Å². The summed E-state index contributed by atoms with van der Waals surface area (Å²) in [6.07, 6.45) is 5.48. The molecule has 70 valence electrons. The number of fused-ring (bicyclic) bond motifs is 1. The Morgan fingerprint density at radius 3 is 3.07 bits per heavy atom. The molecule has 0 N–H and O–H groups in total. The van der Waals surface area contributed by atoms with Crippen molar-refractivity contribution in [1.29, 1.82) is 0 Å². The van der Waals surface area contributed by atoms with Crippen LogP contribution in [0, 0.1) is 12.3 Å². The van der Waals surface area contributed by atoms with Gasteiger partial charge in [-0.3, -0.25) is 4.79 Å². The first-order chi connectivity index (χ1) is 6.81. The van der Waals surface area contributed by atoms with Crippen LogP contribution in [0.2, 0.25) is 0 Å². The Bertz CT molecular complexity index is 406. The van der Waals surface area contributed by atoms with Crippen LogP contribution in [0.3, 0.4) is 0 Å². The molecule has 0 aromatic heterocycles. The van der Waals surface area contributed by atoms with Crippen LogP contribution in [0.5, 0.6) is 5.75 Å². The lowest BCUT2D eigenvalue weighted by atomic mass is 10.1. The van der Waals surface area contributed by atoms with E-state index in [0.717, 1.165) is 5.56 Å². The normalized spacial score (nSPS) is 14.2. The van der Waals surface area contributed by atoms with Crippen molar-refractivity contribution in [2.75, 3.05) is 6.54 Å². The SMILES string of the molecule is C#CCN1Oc2ccccc2CC1=O. The number of hydrogen-bond acceptors (Lipinski definition) is 2. The van der Waals surface area contributed by atoms with Crippen LogP contribution in [0.1, 0.15) is 5.56 Å². The maximum absolute atomic E-state index is 11.5. The van der Waals surface area contributed by atoms with E-state index in [1.165, 1.54) is 5.06 Å². The lowest BCUT2D eigenvalue weighted by Gasteiger charge is -2.26. The zero-order valence-electron chi connectivity index (χ0n) is 7.56. The summed E-state index contributed by atoms with van der Waals surface area (Å²) in [5.41, 5.74) is 0.908. The number of rotatable bonds is 1. The molecule has 1 amide bonds. The van der Waals surface area contributed by atoms with Gasteiger partial charge in [-0.1, -0.05) is 24.1 Å².